The number of nitrogens with zero attached hydrogens (tertiary/aromatic N) is 2. The zero-order valence-electron chi connectivity index (χ0n) is 16.7. The molecule has 7 nitrogen and oxygen atoms in total. The van der Waals surface area contributed by atoms with E-state index in [-0.39, 0.29) is 11.9 Å². The van der Waals surface area contributed by atoms with Crippen LogP contribution in [0.1, 0.15) is 57.4 Å². The van der Waals surface area contributed by atoms with E-state index in [1.165, 1.54) is 0 Å². The molecule has 0 aliphatic heterocycles. The molecule has 1 N–H and O–H groups in total. The van der Waals surface area contributed by atoms with Gasteiger partial charge in [-0.1, -0.05) is 6.92 Å². The molecular weight excluding hydrogens is 346 g/mol. The summed E-state index contributed by atoms with van der Waals surface area (Å²) >= 11 is 0. The number of aromatic nitrogens is 2. The molecule has 1 aromatic carbocycles. The van der Waals surface area contributed by atoms with Gasteiger partial charge in [0.1, 0.15) is 5.82 Å². The van der Waals surface area contributed by atoms with E-state index in [0.29, 0.717) is 48.5 Å². The van der Waals surface area contributed by atoms with Crippen LogP contribution < -0.4 is 19.5 Å². The molecule has 0 radical (unpaired) electrons. The van der Waals surface area contributed by atoms with Gasteiger partial charge >= 0.3 is 0 Å². The molecule has 1 atom stereocenters. The first-order valence-electron chi connectivity index (χ1n) is 9.46. The van der Waals surface area contributed by atoms with Gasteiger partial charge in [0, 0.05) is 11.6 Å². The van der Waals surface area contributed by atoms with Gasteiger partial charge in [-0.25, -0.2) is 4.68 Å². The lowest BCUT2D eigenvalue weighted by Gasteiger charge is -2.18. The van der Waals surface area contributed by atoms with Crippen molar-refractivity contribution in [3.63, 3.8) is 0 Å². The van der Waals surface area contributed by atoms with Crippen molar-refractivity contribution in [2.45, 2.75) is 47.1 Å². The van der Waals surface area contributed by atoms with Crippen molar-refractivity contribution >= 4 is 11.7 Å². The molecule has 148 valence electrons. The van der Waals surface area contributed by atoms with E-state index in [1.54, 1.807) is 29.1 Å². The molecule has 2 aromatic rings. The Hall–Kier alpha value is -2.70. The number of rotatable bonds is 10. The molecule has 7 heteroatoms. The fourth-order valence-electron chi connectivity index (χ4n) is 2.65. The lowest BCUT2D eigenvalue weighted by atomic mass is 10.1. The molecular formula is C20H29N3O4. The zero-order chi connectivity index (χ0) is 19.8. The van der Waals surface area contributed by atoms with Gasteiger partial charge in [0.05, 0.1) is 32.1 Å². The number of carbonyl (C=O) groups excluding carboxylic acids is 1. The first-order chi connectivity index (χ1) is 13.0. The molecule has 0 fully saturated rings. The lowest BCUT2D eigenvalue weighted by molar-refractivity contribution is 0.102. The summed E-state index contributed by atoms with van der Waals surface area (Å²) in [6.07, 6.45) is 2.59. The van der Waals surface area contributed by atoms with E-state index < -0.39 is 0 Å². The number of nitrogens with one attached hydrogen (secondary N) is 1. The van der Waals surface area contributed by atoms with Crippen LogP contribution >= 0.6 is 0 Å². The second kappa shape index (κ2) is 9.85. The number of ether oxygens (including phenoxy) is 3. The Morgan fingerprint density at radius 1 is 1.07 bits per heavy atom. The van der Waals surface area contributed by atoms with Gasteiger partial charge < -0.3 is 19.5 Å². The molecule has 1 amide bonds. The van der Waals surface area contributed by atoms with Crippen LogP contribution in [-0.2, 0) is 0 Å². The molecule has 0 aliphatic carbocycles. The van der Waals surface area contributed by atoms with Crippen LogP contribution in [0.15, 0.2) is 24.4 Å². The van der Waals surface area contributed by atoms with E-state index in [9.17, 15) is 4.79 Å². The van der Waals surface area contributed by atoms with Crippen LogP contribution in [0, 0.1) is 0 Å². The van der Waals surface area contributed by atoms with Crippen LogP contribution in [0.5, 0.6) is 17.2 Å². The van der Waals surface area contributed by atoms with Gasteiger partial charge in [0.15, 0.2) is 11.5 Å². The smallest absolute Gasteiger partial charge is 0.257 e. The molecule has 0 spiro atoms. The minimum absolute atomic E-state index is 0.189. The second-order valence-electron chi connectivity index (χ2n) is 5.97. The summed E-state index contributed by atoms with van der Waals surface area (Å²) in [6.45, 7) is 11.2. The standard InChI is InChI=1S/C20H29N3O4/c1-6-14(5)23-18(10-11-21-23)22-20(24)15-12-16(25-7-2)19(27-9-4)17(13-15)26-8-3/h10-14H,6-9H2,1-5H3,(H,22,24). The summed E-state index contributed by atoms with van der Waals surface area (Å²) in [4.78, 5) is 12.9. The number of hydrogen-bond acceptors (Lipinski definition) is 5. The average molecular weight is 375 g/mol. The van der Waals surface area contributed by atoms with Gasteiger partial charge in [-0.3, -0.25) is 4.79 Å². The number of benzene rings is 1. The third-order valence-electron chi connectivity index (χ3n) is 4.09. The topological polar surface area (TPSA) is 74.6 Å². The predicted molar refractivity (Wildman–Crippen MR) is 105 cm³/mol. The van der Waals surface area contributed by atoms with Crippen molar-refractivity contribution in [3.05, 3.63) is 30.0 Å². The van der Waals surface area contributed by atoms with E-state index >= 15 is 0 Å². The highest BCUT2D eigenvalue weighted by atomic mass is 16.5. The molecule has 1 aromatic heterocycles. The zero-order valence-corrected chi connectivity index (χ0v) is 16.7. The van der Waals surface area contributed by atoms with E-state index in [2.05, 4.69) is 24.3 Å². The molecule has 0 bridgehead atoms. The van der Waals surface area contributed by atoms with Crippen LogP contribution in [0.4, 0.5) is 5.82 Å². The van der Waals surface area contributed by atoms with Crippen molar-refractivity contribution < 1.29 is 19.0 Å². The summed E-state index contributed by atoms with van der Waals surface area (Å²) in [5, 5.41) is 7.22. The third-order valence-corrected chi connectivity index (χ3v) is 4.09. The van der Waals surface area contributed by atoms with Crippen LogP contribution in [-0.4, -0.2) is 35.5 Å². The lowest BCUT2D eigenvalue weighted by Crippen LogP contribution is -2.18. The van der Waals surface area contributed by atoms with E-state index in [0.717, 1.165) is 6.42 Å². The molecule has 2 rings (SSSR count). The van der Waals surface area contributed by atoms with E-state index in [4.69, 9.17) is 14.2 Å². The van der Waals surface area contributed by atoms with Crippen LogP contribution in [0.3, 0.4) is 0 Å². The summed E-state index contributed by atoms with van der Waals surface area (Å²) in [7, 11) is 0. The predicted octanol–water partition coefficient (Wildman–Crippen LogP) is 4.30. The van der Waals surface area contributed by atoms with Crippen molar-refractivity contribution in [1.29, 1.82) is 0 Å². The monoisotopic (exact) mass is 375 g/mol. The summed E-state index contributed by atoms with van der Waals surface area (Å²) in [5.41, 5.74) is 0.433. The Bertz CT molecular complexity index is 730. The Balaban J connectivity index is 2.36. The van der Waals surface area contributed by atoms with Crippen molar-refractivity contribution in [3.8, 4) is 17.2 Å². The number of amides is 1. The maximum Gasteiger partial charge on any atom is 0.257 e. The Kier molecular flexibility index (Phi) is 7.52. The van der Waals surface area contributed by atoms with Gasteiger partial charge in [-0.15, -0.1) is 0 Å². The van der Waals surface area contributed by atoms with Gasteiger partial charge in [-0.2, -0.15) is 5.10 Å². The number of hydrogen-bond donors (Lipinski definition) is 1. The summed E-state index contributed by atoms with van der Waals surface area (Å²) in [6, 6.07) is 5.33. The van der Waals surface area contributed by atoms with Crippen molar-refractivity contribution in [1.82, 2.24) is 9.78 Å². The second-order valence-corrected chi connectivity index (χ2v) is 5.97. The third kappa shape index (κ3) is 4.93. The van der Waals surface area contributed by atoms with E-state index in [1.807, 2.05) is 20.8 Å². The van der Waals surface area contributed by atoms with Gasteiger partial charge in [-0.05, 0) is 46.2 Å². The molecule has 0 saturated heterocycles. The van der Waals surface area contributed by atoms with Gasteiger partial charge in [0.25, 0.3) is 5.91 Å². The van der Waals surface area contributed by atoms with Crippen LogP contribution in [0.25, 0.3) is 0 Å². The first kappa shape index (κ1) is 20.6. The fourth-order valence-corrected chi connectivity index (χ4v) is 2.65. The van der Waals surface area contributed by atoms with Crippen molar-refractivity contribution in [2.24, 2.45) is 0 Å². The summed E-state index contributed by atoms with van der Waals surface area (Å²) < 4.78 is 18.8. The Morgan fingerprint density at radius 2 is 1.67 bits per heavy atom. The largest absolute Gasteiger partial charge is 0.490 e. The Morgan fingerprint density at radius 3 is 2.19 bits per heavy atom. The molecule has 0 saturated carbocycles. The first-order valence-corrected chi connectivity index (χ1v) is 9.46. The Labute approximate surface area is 160 Å². The number of carbonyl (C=O) groups is 1. The highest BCUT2D eigenvalue weighted by Crippen LogP contribution is 2.39. The highest BCUT2D eigenvalue weighted by Gasteiger charge is 2.19. The summed E-state index contributed by atoms with van der Waals surface area (Å²) in [5.74, 6) is 1.89. The molecule has 1 heterocycles. The normalized spacial score (nSPS) is 11.7. The maximum atomic E-state index is 12.9. The minimum atomic E-state index is -0.259. The van der Waals surface area contributed by atoms with Crippen molar-refractivity contribution in [2.75, 3.05) is 25.1 Å². The molecule has 0 aliphatic rings. The quantitative estimate of drug-likeness (QED) is 0.670. The highest BCUT2D eigenvalue weighted by molar-refractivity contribution is 6.04. The fraction of sp³-hybridized carbons (Fsp3) is 0.500. The SMILES string of the molecule is CCOc1cc(C(=O)Nc2ccnn2C(C)CC)cc(OCC)c1OCC. The van der Waals surface area contributed by atoms with Crippen LogP contribution in [0.2, 0.25) is 0 Å². The minimum Gasteiger partial charge on any atom is -0.490 e. The molecule has 27 heavy (non-hydrogen) atoms. The average Bonchev–Trinajstić information content (AvgIpc) is 3.11. The number of anilines is 1. The maximum absolute atomic E-state index is 12.9. The molecule has 1 unspecified atom stereocenters. The van der Waals surface area contributed by atoms with Gasteiger partial charge in [0.2, 0.25) is 5.75 Å².